The molecule has 0 aliphatic heterocycles. The van der Waals surface area contributed by atoms with E-state index >= 15 is 0 Å². The highest BCUT2D eigenvalue weighted by Crippen LogP contribution is 2.25. The monoisotopic (exact) mass is 284 g/mol. The van der Waals surface area contributed by atoms with Crippen LogP contribution < -0.4 is 0 Å². The Kier molecular flexibility index (Phi) is 3.58. The van der Waals surface area contributed by atoms with Crippen LogP contribution in [0, 0.1) is 21.4 Å². The molecule has 7 heteroatoms. The lowest BCUT2D eigenvalue weighted by Crippen LogP contribution is -2.05. The van der Waals surface area contributed by atoms with E-state index in [1.165, 1.54) is 12.1 Å². The molecule has 0 heterocycles. The van der Waals surface area contributed by atoms with E-state index in [0.29, 0.717) is 5.56 Å². The van der Waals surface area contributed by atoms with Crippen LogP contribution in [0.4, 0.5) is 5.69 Å². The first-order valence-electron chi connectivity index (χ1n) is 4.02. The molecule has 0 saturated carbocycles. The average molecular weight is 285 g/mol. The number of carbonyl (C=O) groups is 1. The number of hydrogen-bond donors (Lipinski definition) is 1. The maximum absolute atomic E-state index is 10.8. The van der Waals surface area contributed by atoms with Crippen LogP contribution in [0.25, 0.3) is 0 Å². The number of carboxylic acids is 1. The molecule has 0 aromatic heterocycles. The summed E-state index contributed by atoms with van der Waals surface area (Å²) in [5.41, 5.74) is -0.840. The molecule has 0 fully saturated rings. The Bertz CT molecular complexity index is 472. The van der Waals surface area contributed by atoms with Crippen molar-refractivity contribution < 1.29 is 14.8 Å². The van der Waals surface area contributed by atoms with Gasteiger partial charge in [-0.3, -0.25) is 10.1 Å². The number of hydrogen-bond acceptors (Lipinski definition) is 4. The molecule has 0 atom stereocenters. The van der Waals surface area contributed by atoms with Gasteiger partial charge in [0.25, 0.3) is 5.69 Å². The molecule has 0 bridgehead atoms. The van der Waals surface area contributed by atoms with E-state index in [0.717, 1.165) is 0 Å². The van der Waals surface area contributed by atoms with Gasteiger partial charge in [-0.1, -0.05) is 15.9 Å². The zero-order valence-corrected chi connectivity index (χ0v) is 9.39. The first-order chi connectivity index (χ1) is 7.51. The largest absolute Gasteiger partial charge is 0.478 e. The van der Waals surface area contributed by atoms with Gasteiger partial charge < -0.3 is 5.11 Å². The zero-order valence-electron chi connectivity index (χ0n) is 7.81. The summed E-state index contributed by atoms with van der Waals surface area (Å²) in [5.74, 6) is -1.36. The fourth-order valence-corrected chi connectivity index (χ4v) is 1.52. The number of alkyl halides is 1. The molecule has 0 aliphatic rings. The van der Waals surface area contributed by atoms with Crippen LogP contribution in [-0.2, 0) is 5.33 Å². The molecular formula is C9H5BrN2O4. The van der Waals surface area contributed by atoms with Crippen LogP contribution in [0.1, 0.15) is 21.5 Å². The van der Waals surface area contributed by atoms with Gasteiger partial charge in [0.2, 0.25) is 0 Å². The van der Waals surface area contributed by atoms with Gasteiger partial charge in [-0.05, 0) is 11.6 Å². The van der Waals surface area contributed by atoms with Gasteiger partial charge in [-0.25, -0.2) is 4.79 Å². The van der Waals surface area contributed by atoms with E-state index < -0.39 is 22.1 Å². The van der Waals surface area contributed by atoms with Gasteiger partial charge >= 0.3 is 5.97 Å². The number of rotatable bonds is 3. The fourth-order valence-electron chi connectivity index (χ4n) is 1.19. The molecule has 0 unspecified atom stereocenters. The van der Waals surface area contributed by atoms with Crippen molar-refractivity contribution in [2.45, 2.75) is 5.33 Å². The molecule has 82 valence electrons. The number of nitro groups is 1. The molecule has 1 aromatic rings. The van der Waals surface area contributed by atoms with Gasteiger partial charge in [0.1, 0.15) is 11.6 Å². The van der Waals surface area contributed by atoms with Crippen LogP contribution in [0.3, 0.4) is 0 Å². The quantitative estimate of drug-likeness (QED) is 0.520. The zero-order chi connectivity index (χ0) is 12.3. The third kappa shape index (κ3) is 2.17. The fraction of sp³-hybridized carbons (Fsp3) is 0.111. The topological polar surface area (TPSA) is 104 Å². The second-order valence-corrected chi connectivity index (χ2v) is 3.41. The van der Waals surface area contributed by atoms with Crippen molar-refractivity contribution in [3.05, 3.63) is 38.9 Å². The highest BCUT2D eigenvalue weighted by Gasteiger charge is 2.22. The van der Waals surface area contributed by atoms with E-state index in [2.05, 4.69) is 15.9 Å². The lowest BCUT2D eigenvalue weighted by molar-refractivity contribution is -0.385. The molecule has 0 saturated heterocycles. The molecule has 0 radical (unpaired) electrons. The maximum Gasteiger partial charge on any atom is 0.337 e. The van der Waals surface area contributed by atoms with Gasteiger partial charge in [0.15, 0.2) is 0 Å². The van der Waals surface area contributed by atoms with E-state index in [1.807, 2.05) is 0 Å². The van der Waals surface area contributed by atoms with E-state index in [-0.39, 0.29) is 10.9 Å². The van der Waals surface area contributed by atoms with Crippen LogP contribution in [-0.4, -0.2) is 16.0 Å². The number of carboxylic acid groups (broad SMARTS) is 1. The third-order valence-electron chi connectivity index (χ3n) is 1.87. The Balaban J connectivity index is 3.61. The van der Waals surface area contributed by atoms with Crippen molar-refractivity contribution in [3.63, 3.8) is 0 Å². The molecule has 16 heavy (non-hydrogen) atoms. The highest BCUT2D eigenvalue weighted by atomic mass is 79.9. The van der Waals surface area contributed by atoms with Gasteiger partial charge in [-0.2, -0.15) is 5.26 Å². The van der Waals surface area contributed by atoms with Crippen LogP contribution in [0.15, 0.2) is 12.1 Å². The van der Waals surface area contributed by atoms with Gasteiger partial charge in [0, 0.05) is 11.4 Å². The predicted molar refractivity (Wildman–Crippen MR) is 57.4 cm³/mol. The minimum Gasteiger partial charge on any atom is -0.478 e. The first-order valence-corrected chi connectivity index (χ1v) is 5.14. The summed E-state index contributed by atoms with van der Waals surface area (Å²) >= 11 is 3.07. The molecule has 1 aromatic carbocycles. The average Bonchev–Trinajstić information content (AvgIpc) is 2.26. The summed E-state index contributed by atoms with van der Waals surface area (Å²) in [7, 11) is 0. The summed E-state index contributed by atoms with van der Waals surface area (Å²) in [6.07, 6.45) is 0. The number of benzene rings is 1. The normalized spacial score (nSPS) is 9.50. The molecule has 0 aliphatic carbocycles. The predicted octanol–water partition coefficient (Wildman–Crippen LogP) is 2.06. The number of nitriles is 1. The van der Waals surface area contributed by atoms with Crippen molar-refractivity contribution in [1.29, 1.82) is 5.26 Å². The molecule has 1 N–H and O–H groups in total. The summed E-state index contributed by atoms with van der Waals surface area (Å²) in [5, 5.41) is 28.5. The maximum atomic E-state index is 10.8. The first kappa shape index (κ1) is 12.1. The van der Waals surface area contributed by atoms with Gasteiger partial charge in [0.05, 0.1) is 10.5 Å². The minimum absolute atomic E-state index is 0.278. The summed E-state index contributed by atoms with van der Waals surface area (Å²) in [4.78, 5) is 20.7. The van der Waals surface area contributed by atoms with Crippen LogP contribution in [0.2, 0.25) is 0 Å². The van der Waals surface area contributed by atoms with E-state index in [4.69, 9.17) is 10.4 Å². The van der Waals surface area contributed by atoms with Crippen molar-refractivity contribution in [2.75, 3.05) is 0 Å². The van der Waals surface area contributed by atoms with Crippen molar-refractivity contribution in [3.8, 4) is 6.07 Å². The molecule has 0 amide bonds. The Hall–Kier alpha value is -1.94. The van der Waals surface area contributed by atoms with Crippen molar-refractivity contribution in [2.24, 2.45) is 0 Å². The molecular weight excluding hydrogens is 280 g/mol. The number of nitrogens with zero attached hydrogens (tertiary/aromatic N) is 2. The SMILES string of the molecule is N#Cc1c(C(=O)O)cc(CBr)cc1[N+](=O)[O-]. The summed E-state index contributed by atoms with van der Waals surface area (Å²) in [6.45, 7) is 0. The summed E-state index contributed by atoms with van der Waals surface area (Å²) < 4.78 is 0. The van der Waals surface area contributed by atoms with Crippen LogP contribution >= 0.6 is 15.9 Å². The Morgan fingerprint density at radius 2 is 2.25 bits per heavy atom. The second-order valence-electron chi connectivity index (χ2n) is 2.85. The van der Waals surface area contributed by atoms with E-state index in [1.54, 1.807) is 6.07 Å². The number of halogens is 1. The molecule has 1 rings (SSSR count). The van der Waals surface area contributed by atoms with E-state index in [9.17, 15) is 14.9 Å². The highest BCUT2D eigenvalue weighted by molar-refractivity contribution is 9.08. The Morgan fingerprint density at radius 3 is 2.62 bits per heavy atom. The smallest absolute Gasteiger partial charge is 0.337 e. The third-order valence-corrected chi connectivity index (χ3v) is 2.52. The van der Waals surface area contributed by atoms with Crippen LogP contribution in [0.5, 0.6) is 0 Å². The van der Waals surface area contributed by atoms with Crippen molar-refractivity contribution >= 4 is 27.6 Å². The lowest BCUT2D eigenvalue weighted by Gasteiger charge is -2.02. The molecule has 0 spiro atoms. The minimum atomic E-state index is -1.36. The lowest BCUT2D eigenvalue weighted by atomic mass is 10.0. The standard InChI is InChI=1S/C9H5BrN2O4/c10-3-5-1-6(9(13)14)7(4-11)8(2-5)12(15)16/h1-2H,3H2,(H,13,14). The summed E-state index contributed by atoms with van der Waals surface area (Å²) in [6, 6.07) is 3.96. The Morgan fingerprint density at radius 1 is 1.62 bits per heavy atom. The van der Waals surface area contributed by atoms with Gasteiger partial charge in [-0.15, -0.1) is 0 Å². The van der Waals surface area contributed by atoms with Crippen molar-refractivity contribution in [1.82, 2.24) is 0 Å². The second kappa shape index (κ2) is 4.72. The molecule has 6 nitrogen and oxygen atoms in total. The number of nitro benzene ring substituents is 1. The number of aromatic carboxylic acids is 1. The Labute approximate surface area is 98.4 Å².